The second-order valence-electron chi connectivity index (χ2n) is 6.67. The highest BCUT2D eigenvalue weighted by atomic mass is 35.5. The monoisotopic (exact) mass is 460 g/mol. The van der Waals surface area contributed by atoms with Gasteiger partial charge in [0.1, 0.15) is 5.52 Å². The Kier molecular flexibility index (Phi) is 6.08. The Hall–Kier alpha value is -2.42. The molecule has 4 rings (SSSR count). The summed E-state index contributed by atoms with van der Waals surface area (Å²) in [6.45, 7) is 4.71. The summed E-state index contributed by atoms with van der Waals surface area (Å²) in [5.41, 5.74) is 3.28. The molecule has 3 heterocycles. The zero-order valence-electron chi connectivity index (χ0n) is 16.3. The van der Waals surface area contributed by atoms with E-state index >= 15 is 0 Å². The van der Waals surface area contributed by atoms with Gasteiger partial charge >= 0.3 is 0 Å². The average molecular weight is 461 g/mol. The average Bonchev–Trinajstić information content (AvgIpc) is 3.06. The first-order valence-electron chi connectivity index (χ1n) is 9.34. The standard InChI is InChI=1S/C20H18Cl2N6OS/c1-3-8-28-14-7-5-4-6-12(14)17-19(28)25-20(27-26-17)30-10-15(29)24-18-16(22)11(2)13(21)9-23-18/h4-7,9H,3,8,10H2,1-2H3,(H,23,24,29). The van der Waals surface area contributed by atoms with Crippen molar-refractivity contribution in [1.82, 2.24) is 24.7 Å². The number of carbonyl (C=O) groups excluding carboxylic acids is 1. The lowest BCUT2D eigenvalue weighted by Crippen LogP contribution is -2.16. The second-order valence-corrected chi connectivity index (χ2v) is 8.39. The number of aromatic nitrogens is 5. The van der Waals surface area contributed by atoms with Gasteiger partial charge in [-0.05, 0) is 25.0 Å². The maximum absolute atomic E-state index is 12.4. The number of thioether (sulfide) groups is 1. The maximum Gasteiger partial charge on any atom is 0.236 e. The topological polar surface area (TPSA) is 85.6 Å². The van der Waals surface area contributed by atoms with Crippen LogP contribution in [0.5, 0.6) is 0 Å². The molecule has 0 saturated heterocycles. The van der Waals surface area contributed by atoms with E-state index in [0.717, 1.165) is 35.0 Å². The molecule has 30 heavy (non-hydrogen) atoms. The van der Waals surface area contributed by atoms with Crippen molar-refractivity contribution in [3.05, 3.63) is 46.1 Å². The lowest BCUT2D eigenvalue weighted by atomic mass is 10.2. The van der Waals surface area contributed by atoms with Crippen molar-refractivity contribution >= 4 is 68.8 Å². The molecule has 1 aromatic carbocycles. The number of nitrogens with one attached hydrogen (secondary N) is 1. The summed E-state index contributed by atoms with van der Waals surface area (Å²) in [5.74, 6) is 0.108. The van der Waals surface area contributed by atoms with Gasteiger partial charge in [-0.15, -0.1) is 10.2 Å². The first kappa shape index (κ1) is 20.8. The van der Waals surface area contributed by atoms with Gasteiger partial charge in [0.25, 0.3) is 0 Å². The fourth-order valence-electron chi connectivity index (χ4n) is 3.14. The molecular formula is C20H18Cl2N6OS. The van der Waals surface area contributed by atoms with Gasteiger partial charge in [-0.2, -0.15) is 0 Å². The quantitative estimate of drug-likeness (QED) is 0.401. The summed E-state index contributed by atoms with van der Waals surface area (Å²) < 4.78 is 2.14. The molecule has 0 spiro atoms. The Morgan fingerprint density at radius 2 is 2.03 bits per heavy atom. The first-order chi connectivity index (χ1) is 14.5. The molecule has 3 aromatic heterocycles. The van der Waals surface area contributed by atoms with Crippen molar-refractivity contribution in [2.75, 3.05) is 11.1 Å². The van der Waals surface area contributed by atoms with E-state index in [4.69, 9.17) is 23.2 Å². The molecule has 1 amide bonds. The molecule has 4 aromatic rings. The van der Waals surface area contributed by atoms with E-state index in [0.29, 0.717) is 20.8 Å². The highest BCUT2D eigenvalue weighted by molar-refractivity contribution is 7.99. The third-order valence-electron chi connectivity index (χ3n) is 4.59. The van der Waals surface area contributed by atoms with Crippen molar-refractivity contribution in [3.63, 3.8) is 0 Å². The van der Waals surface area contributed by atoms with Gasteiger partial charge in [0.05, 0.1) is 21.3 Å². The molecule has 0 bridgehead atoms. The smallest absolute Gasteiger partial charge is 0.236 e. The van der Waals surface area contributed by atoms with Crippen LogP contribution in [0.25, 0.3) is 22.1 Å². The molecular weight excluding hydrogens is 443 g/mol. The molecule has 10 heteroatoms. The summed E-state index contributed by atoms with van der Waals surface area (Å²) in [6.07, 6.45) is 2.43. The van der Waals surface area contributed by atoms with Gasteiger partial charge in [-0.25, -0.2) is 9.97 Å². The van der Waals surface area contributed by atoms with Crippen LogP contribution < -0.4 is 5.32 Å². The van der Waals surface area contributed by atoms with Crippen molar-refractivity contribution in [2.45, 2.75) is 32.0 Å². The van der Waals surface area contributed by atoms with Crippen LogP contribution in [0.15, 0.2) is 35.6 Å². The number of hydrogen-bond acceptors (Lipinski definition) is 6. The number of pyridine rings is 1. The lowest BCUT2D eigenvalue weighted by Gasteiger charge is -2.08. The number of para-hydroxylation sites is 1. The van der Waals surface area contributed by atoms with Gasteiger partial charge < -0.3 is 9.88 Å². The Morgan fingerprint density at radius 1 is 1.23 bits per heavy atom. The Balaban J connectivity index is 1.54. The minimum atomic E-state index is -0.270. The van der Waals surface area contributed by atoms with Crippen molar-refractivity contribution in [1.29, 1.82) is 0 Å². The molecule has 0 aliphatic rings. The van der Waals surface area contributed by atoms with Gasteiger partial charge in [0, 0.05) is 18.1 Å². The number of nitrogens with zero attached hydrogens (tertiary/aromatic N) is 5. The van der Waals surface area contributed by atoms with Gasteiger partial charge in [-0.1, -0.05) is 60.1 Å². The van der Waals surface area contributed by atoms with Crippen LogP contribution in [-0.2, 0) is 11.3 Å². The summed E-state index contributed by atoms with van der Waals surface area (Å²) in [4.78, 5) is 21.1. The van der Waals surface area contributed by atoms with Crippen LogP contribution in [0, 0.1) is 6.92 Å². The van der Waals surface area contributed by atoms with Crippen LogP contribution >= 0.6 is 35.0 Å². The number of amides is 1. The fourth-order valence-corrected chi connectivity index (χ4v) is 4.11. The Labute approximate surface area is 187 Å². The number of benzene rings is 1. The Morgan fingerprint density at radius 3 is 2.83 bits per heavy atom. The highest BCUT2D eigenvalue weighted by Gasteiger charge is 2.16. The molecule has 0 fully saturated rings. The summed E-state index contributed by atoms with van der Waals surface area (Å²) in [6, 6.07) is 8.05. The first-order valence-corrected chi connectivity index (χ1v) is 11.1. The molecule has 0 unspecified atom stereocenters. The van der Waals surface area contributed by atoms with E-state index in [1.54, 1.807) is 6.92 Å². The molecule has 0 radical (unpaired) electrons. The fraction of sp³-hybridized carbons (Fsp3) is 0.250. The number of hydrogen-bond donors (Lipinski definition) is 1. The minimum absolute atomic E-state index is 0.0981. The third kappa shape index (κ3) is 3.95. The summed E-state index contributed by atoms with van der Waals surface area (Å²) in [5, 5.41) is 13.5. The van der Waals surface area contributed by atoms with Gasteiger partial charge in [0.15, 0.2) is 11.5 Å². The van der Waals surface area contributed by atoms with Gasteiger partial charge in [-0.3, -0.25) is 4.79 Å². The predicted molar refractivity (Wildman–Crippen MR) is 121 cm³/mol. The minimum Gasteiger partial charge on any atom is -0.324 e. The van der Waals surface area contributed by atoms with Crippen LogP contribution in [0.4, 0.5) is 5.82 Å². The number of carbonyl (C=O) groups is 1. The molecule has 1 N–H and O–H groups in total. The van der Waals surface area contributed by atoms with Crippen LogP contribution in [-0.4, -0.2) is 36.4 Å². The van der Waals surface area contributed by atoms with Crippen LogP contribution in [0.2, 0.25) is 10.0 Å². The number of aryl methyl sites for hydroxylation is 1. The normalized spacial score (nSPS) is 11.3. The van der Waals surface area contributed by atoms with E-state index in [1.165, 1.54) is 18.0 Å². The SMILES string of the molecule is CCCn1c2ccccc2c2nnc(SCC(=O)Nc3ncc(Cl)c(C)c3Cl)nc21. The largest absolute Gasteiger partial charge is 0.324 e. The number of rotatable bonds is 6. The van der Waals surface area contributed by atoms with Crippen molar-refractivity contribution < 1.29 is 4.79 Å². The number of anilines is 1. The second kappa shape index (κ2) is 8.75. The summed E-state index contributed by atoms with van der Waals surface area (Å²) >= 11 is 13.4. The van der Waals surface area contributed by atoms with Crippen molar-refractivity contribution in [2.24, 2.45) is 0 Å². The number of halogens is 2. The molecule has 154 valence electrons. The Bertz CT molecular complexity index is 1260. The molecule has 0 saturated carbocycles. The maximum atomic E-state index is 12.4. The van der Waals surface area contributed by atoms with E-state index in [9.17, 15) is 4.79 Å². The molecule has 0 atom stereocenters. The van der Waals surface area contributed by atoms with E-state index in [2.05, 4.69) is 43.0 Å². The number of fused-ring (bicyclic) bond motifs is 3. The van der Waals surface area contributed by atoms with Crippen molar-refractivity contribution in [3.8, 4) is 0 Å². The van der Waals surface area contributed by atoms with E-state index in [1.807, 2.05) is 18.2 Å². The molecule has 0 aliphatic carbocycles. The predicted octanol–water partition coefficient (Wildman–Crippen LogP) is 5.13. The molecule has 0 aliphatic heterocycles. The lowest BCUT2D eigenvalue weighted by molar-refractivity contribution is -0.113. The van der Waals surface area contributed by atoms with Gasteiger partial charge in [0.2, 0.25) is 11.1 Å². The molecule has 7 nitrogen and oxygen atoms in total. The van der Waals surface area contributed by atoms with E-state index in [-0.39, 0.29) is 17.5 Å². The summed E-state index contributed by atoms with van der Waals surface area (Å²) in [7, 11) is 0. The third-order valence-corrected chi connectivity index (χ3v) is 6.28. The van der Waals surface area contributed by atoms with Crippen LogP contribution in [0.3, 0.4) is 0 Å². The van der Waals surface area contributed by atoms with E-state index < -0.39 is 0 Å². The van der Waals surface area contributed by atoms with Crippen LogP contribution in [0.1, 0.15) is 18.9 Å². The zero-order chi connectivity index (χ0) is 21.3. The highest BCUT2D eigenvalue weighted by Crippen LogP contribution is 2.29. The zero-order valence-corrected chi connectivity index (χ0v) is 18.6.